The molecule has 0 spiro atoms. The first-order valence-electron chi connectivity index (χ1n) is 11.5. The number of nitrogens with one attached hydrogen (secondary N) is 2. The summed E-state index contributed by atoms with van der Waals surface area (Å²) in [6.07, 6.45) is 3.99. The number of rotatable bonds is 8. The summed E-state index contributed by atoms with van der Waals surface area (Å²) in [5.74, 6) is -0.348. The van der Waals surface area contributed by atoms with Gasteiger partial charge in [-0.2, -0.15) is 4.31 Å². The molecule has 1 fully saturated rings. The minimum absolute atomic E-state index is 0.0252. The van der Waals surface area contributed by atoms with E-state index in [0.29, 0.717) is 36.3 Å². The van der Waals surface area contributed by atoms with Crippen LogP contribution in [0.4, 0.5) is 5.69 Å². The Kier molecular flexibility index (Phi) is 8.26. The number of amides is 2. The van der Waals surface area contributed by atoms with E-state index in [4.69, 9.17) is 0 Å². The summed E-state index contributed by atoms with van der Waals surface area (Å²) in [6, 6.07) is 12.0. The molecule has 2 N–H and O–H groups in total. The van der Waals surface area contributed by atoms with Crippen molar-refractivity contribution >= 4 is 27.5 Å². The highest BCUT2D eigenvalue weighted by Gasteiger charge is 2.31. The monoisotopic (exact) mass is 471 g/mol. The SMILES string of the molecule is CCCC(=O)Nc1ccc(CNC(=O)c2cc(S(=O)(=O)N3CCCCC3C)ccc2C)cc1. The van der Waals surface area contributed by atoms with Crippen LogP contribution in [0, 0.1) is 6.92 Å². The predicted octanol–water partition coefficient (Wildman–Crippen LogP) is 4.23. The molecule has 0 aliphatic carbocycles. The molecule has 178 valence electrons. The average molecular weight is 472 g/mol. The van der Waals surface area contributed by atoms with Gasteiger partial charge in [0, 0.05) is 36.8 Å². The first kappa shape index (κ1) is 24.9. The summed E-state index contributed by atoms with van der Waals surface area (Å²) in [4.78, 5) is 24.7. The Hall–Kier alpha value is -2.71. The van der Waals surface area contributed by atoms with Crippen molar-refractivity contribution in [3.63, 3.8) is 0 Å². The maximum atomic E-state index is 13.2. The number of benzene rings is 2. The van der Waals surface area contributed by atoms with Crippen molar-refractivity contribution in [2.45, 2.75) is 70.4 Å². The number of nitrogens with zero attached hydrogens (tertiary/aromatic N) is 1. The van der Waals surface area contributed by atoms with Crippen molar-refractivity contribution in [3.8, 4) is 0 Å². The molecule has 1 atom stereocenters. The number of carbonyl (C=O) groups excluding carboxylic acids is 2. The van der Waals surface area contributed by atoms with Crippen LogP contribution in [0.1, 0.15) is 67.4 Å². The standard InChI is InChI=1S/C25H33N3O4S/c1-4-7-24(29)27-21-12-10-20(11-13-21)17-26-25(30)23-16-22(14-9-18(23)2)33(31,32)28-15-6-5-8-19(28)3/h9-14,16,19H,4-8,15,17H2,1-3H3,(H,26,30)(H,27,29). The minimum Gasteiger partial charge on any atom is -0.348 e. The van der Waals surface area contributed by atoms with E-state index in [0.717, 1.165) is 31.2 Å². The molecule has 0 bridgehead atoms. The van der Waals surface area contributed by atoms with Crippen molar-refractivity contribution in [2.24, 2.45) is 0 Å². The molecule has 1 saturated heterocycles. The molecular weight excluding hydrogens is 438 g/mol. The molecule has 8 heteroatoms. The summed E-state index contributed by atoms with van der Waals surface area (Å²) < 4.78 is 27.9. The number of hydrogen-bond donors (Lipinski definition) is 2. The van der Waals surface area contributed by atoms with Crippen molar-refractivity contribution < 1.29 is 18.0 Å². The number of anilines is 1. The molecule has 0 radical (unpaired) electrons. The number of aryl methyl sites for hydroxylation is 1. The van der Waals surface area contributed by atoms with E-state index in [9.17, 15) is 18.0 Å². The first-order valence-corrected chi connectivity index (χ1v) is 13.0. The van der Waals surface area contributed by atoms with E-state index in [1.54, 1.807) is 35.5 Å². The van der Waals surface area contributed by atoms with Crippen molar-refractivity contribution in [3.05, 3.63) is 59.2 Å². The fourth-order valence-electron chi connectivity index (χ4n) is 4.00. The zero-order chi connectivity index (χ0) is 24.0. The Morgan fingerprint density at radius 1 is 1.09 bits per heavy atom. The third-order valence-electron chi connectivity index (χ3n) is 5.97. The largest absolute Gasteiger partial charge is 0.348 e. The second-order valence-corrected chi connectivity index (χ2v) is 10.5. The van der Waals surface area contributed by atoms with Gasteiger partial charge in [0.1, 0.15) is 0 Å². The highest BCUT2D eigenvalue weighted by Crippen LogP contribution is 2.26. The Bertz CT molecular complexity index is 1100. The van der Waals surface area contributed by atoms with Gasteiger partial charge in [-0.25, -0.2) is 8.42 Å². The molecule has 1 aliphatic heterocycles. The van der Waals surface area contributed by atoms with Crippen LogP contribution in [0.5, 0.6) is 0 Å². The van der Waals surface area contributed by atoms with Crippen LogP contribution in [0.3, 0.4) is 0 Å². The molecule has 1 heterocycles. The highest BCUT2D eigenvalue weighted by molar-refractivity contribution is 7.89. The van der Waals surface area contributed by atoms with E-state index in [2.05, 4.69) is 10.6 Å². The molecule has 0 saturated carbocycles. The van der Waals surface area contributed by atoms with Gasteiger partial charge in [0.2, 0.25) is 15.9 Å². The van der Waals surface area contributed by atoms with Gasteiger partial charge in [-0.1, -0.05) is 31.5 Å². The zero-order valence-electron chi connectivity index (χ0n) is 19.6. The van der Waals surface area contributed by atoms with Crippen molar-refractivity contribution in [2.75, 3.05) is 11.9 Å². The third kappa shape index (κ3) is 6.21. The Labute approximate surface area is 196 Å². The molecule has 2 aromatic carbocycles. The summed E-state index contributed by atoms with van der Waals surface area (Å²) in [7, 11) is -3.65. The van der Waals surface area contributed by atoms with Gasteiger partial charge in [-0.3, -0.25) is 9.59 Å². The average Bonchev–Trinajstić information content (AvgIpc) is 2.79. The molecule has 0 aromatic heterocycles. The topological polar surface area (TPSA) is 95.6 Å². The van der Waals surface area contributed by atoms with Gasteiger partial charge in [0.05, 0.1) is 4.90 Å². The summed E-state index contributed by atoms with van der Waals surface area (Å²) >= 11 is 0. The second kappa shape index (κ2) is 10.9. The first-order chi connectivity index (χ1) is 15.7. The molecule has 33 heavy (non-hydrogen) atoms. The van der Waals surface area contributed by atoms with Crippen LogP contribution in [0.2, 0.25) is 0 Å². The van der Waals surface area contributed by atoms with Crippen LogP contribution >= 0.6 is 0 Å². The van der Waals surface area contributed by atoms with E-state index in [1.807, 2.05) is 26.0 Å². The number of carbonyl (C=O) groups is 2. The predicted molar refractivity (Wildman–Crippen MR) is 130 cm³/mol. The van der Waals surface area contributed by atoms with Gasteiger partial charge in [0.25, 0.3) is 5.91 Å². The Balaban J connectivity index is 1.68. The van der Waals surface area contributed by atoms with E-state index >= 15 is 0 Å². The zero-order valence-corrected chi connectivity index (χ0v) is 20.4. The lowest BCUT2D eigenvalue weighted by Gasteiger charge is -2.32. The Morgan fingerprint density at radius 3 is 2.48 bits per heavy atom. The number of piperidine rings is 1. The molecule has 2 amide bonds. The summed E-state index contributed by atoms with van der Waals surface area (Å²) in [6.45, 7) is 6.48. The van der Waals surface area contributed by atoms with Crippen LogP contribution in [-0.4, -0.2) is 37.1 Å². The molecule has 3 rings (SSSR count). The van der Waals surface area contributed by atoms with Crippen LogP contribution in [0.25, 0.3) is 0 Å². The minimum atomic E-state index is -3.65. The normalized spacial score (nSPS) is 16.9. The molecule has 1 aliphatic rings. The van der Waals surface area contributed by atoms with Gasteiger partial charge < -0.3 is 10.6 Å². The second-order valence-electron chi connectivity index (χ2n) is 8.62. The number of hydrogen-bond acceptors (Lipinski definition) is 4. The summed E-state index contributed by atoms with van der Waals surface area (Å²) in [5.41, 5.74) is 2.65. The highest BCUT2D eigenvalue weighted by atomic mass is 32.2. The molecular formula is C25H33N3O4S. The molecule has 2 aromatic rings. The lowest BCUT2D eigenvalue weighted by molar-refractivity contribution is -0.116. The van der Waals surface area contributed by atoms with E-state index < -0.39 is 10.0 Å². The van der Waals surface area contributed by atoms with Crippen LogP contribution in [-0.2, 0) is 21.4 Å². The quantitative estimate of drug-likeness (QED) is 0.602. The van der Waals surface area contributed by atoms with Crippen LogP contribution < -0.4 is 10.6 Å². The van der Waals surface area contributed by atoms with Gasteiger partial charge >= 0.3 is 0 Å². The van der Waals surface area contributed by atoms with Crippen molar-refractivity contribution in [1.82, 2.24) is 9.62 Å². The molecule has 1 unspecified atom stereocenters. The fraction of sp³-hybridized carbons (Fsp3) is 0.440. The fourth-order valence-corrected chi connectivity index (χ4v) is 5.73. The van der Waals surface area contributed by atoms with E-state index in [-0.39, 0.29) is 22.8 Å². The molecule has 7 nitrogen and oxygen atoms in total. The maximum Gasteiger partial charge on any atom is 0.251 e. The smallest absolute Gasteiger partial charge is 0.251 e. The van der Waals surface area contributed by atoms with Gasteiger partial charge in [0.15, 0.2) is 0 Å². The lowest BCUT2D eigenvalue weighted by atomic mass is 10.1. The van der Waals surface area contributed by atoms with Crippen molar-refractivity contribution in [1.29, 1.82) is 0 Å². The van der Waals surface area contributed by atoms with Gasteiger partial charge in [-0.05, 0) is 68.5 Å². The van der Waals surface area contributed by atoms with Gasteiger partial charge in [-0.15, -0.1) is 0 Å². The Morgan fingerprint density at radius 2 is 1.82 bits per heavy atom. The third-order valence-corrected chi connectivity index (χ3v) is 7.98. The lowest BCUT2D eigenvalue weighted by Crippen LogP contribution is -2.42. The van der Waals surface area contributed by atoms with E-state index in [1.165, 1.54) is 6.07 Å². The maximum absolute atomic E-state index is 13.2. The number of sulfonamides is 1. The summed E-state index contributed by atoms with van der Waals surface area (Å²) in [5, 5.41) is 5.70. The van der Waals surface area contributed by atoms with Crippen LogP contribution in [0.15, 0.2) is 47.4 Å².